The van der Waals surface area contributed by atoms with Crippen LogP contribution in [0.2, 0.25) is 0 Å². The highest BCUT2D eigenvalue weighted by molar-refractivity contribution is 7.13. The number of benzene rings is 2. The molecule has 0 aliphatic rings. The Hall–Kier alpha value is -2.66. The summed E-state index contributed by atoms with van der Waals surface area (Å²) in [6.07, 6.45) is 0.114. The number of nitrogens with one attached hydrogen (secondary N) is 1. The molecule has 3 rings (SSSR count). The van der Waals surface area contributed by atoms with Gasteiger partial charge in [-0.15, -0.1) is 11.3 Å². The van der Waals surface area contributed by atoms with Gasteiger partial charge in [-0.05, 0) is 38.1 Å². The van der Waals surface area contributed by atoms with Gasteiger partial charge < -0.3 is 10.1 Å². The normalized spacial score (nSPS) is 10.7. The molecule has 0 atom stereocenters. The summed E-state index contributed by atoms with van der Waals surface area (Å²) in [5.74, 6) is 0.643. The number of ether oxygens (including phenoxy) is 1. The van der Waals surface area contributed by atoms with E-state index in [2.05, 4.69) is 10.3 Å². The van der Waals surface area contributed by atoms with E-state index in [-0.39, 0.29) is 12.0 Å². The lowest BCUT2D eigenvalue weighted by atomic mass is 10.2. The Labute approximate surface area is 151 Å². The Morgan fingerprint density at radius 2 is 1.84 bits per heavy atom. The molecule has 0 radical (unpaired) electrons. The molecule has 3 aromatic rings. The molecule has 2 aromatic carbocycles. The molecule has 5 heteroatoms. The van der Waals surface area contributed by atoms with E-state index in [1.54, 1.807) is 23.5 Å². The van der Waals surface area contributed by atoms with E-state index in [1.165, 1.54) is 0 Å². The van der Waals surface area contributed by atoms with Crippen molar-refractivity contribution in [2.45, 2.75) is 26.5 Å². The minimum atomic E-state index is -0.120. The van der Waals surface area contributed by atoms with Crippen molar-refractivity contribution in [3.8, 4) is 16.3 Å². The van der Waals surface area contributed by atoms with Gasteiger partial charge in [-0.25, -0.2) is 4.98 Å². The van der Waals surface area contributed by atoms with E-state index in [9.17, 15) is 4.79 Å². The molecule has 0 saturated carbocycles. The minimum Gasteiger partial charge on any atom is -0.491 e. The molecule has 25 heavy (non-hydrogen) atoms. The highest BCUT2D eigenvalue weighted by atomic mass is 32.1. The van der Waals surface area contributed by atoms with E-state index >= 15 is 0 Å². The maximum absolute atomic E-state index is 12.3. The number of nitrogens with zero attached hydrogens (tertiary/aromatic N) is 1. The predicted molar refractivity (Wildman–Crippen MR) is 101 cm³/mol. The zero-order valence-corrected chi connectivity index (χ0v) is 15.0. The fourth-order valence-electron chi connectivity index (χ4n) is 2.33. The van der Waals surface area contributed by atoms with Gasteiger partial charge in [0.15, 0.2) is 0 Å². The SMILES string of the molecule is CC(C)Oc1ccc(C(=O)NCc2csc(-c3ccccc3)n2)cc1. The Bertz CT molecular complexity index is 826. The number of rotatable bonds is 6. The summed E-state index contributed by atoms with van der Waals surface area (Å²) in [5, 5.41) is 5.84. The first-order valence-corrected chi connectivity index (χ1v) is 9.04. The first-order valence-electron chi connectivity index (χ1n) is 8.16. The monoisotopic (exact) mass is 352 g/mol. The van der Waals surface area contributed by atoms with Crippen molar-refractivity contribution >= 4 is 17.2 Å². The van der Waals surface area contributed by atoms with Crippen molar-refractivity contribution in [3.05, 3.63) is 71.2 Å². The number of aromatic nitrogens is 1. The zero-order valence-electron chi connectivity index (χ0n) is 14.2. The van der Waals surface area contributed by atoms with E-state index in [1.807, 2.05) is 61.7 Å². The molecule has 0 spiro atoms. The first-order chi connectivity index (χ1) is 12.1. The van der Waals surface area contributed by atoms with E-state index < -0.39 is 0 Å². The number of carbonyl (C=O) groups is 1. The Kier molecular flexibility index (Phi) is 5.46. The highest BCUT2D eigenvalue weighted by Crippen LogP contribution is 2.23. The number of hydrogen-bond acceptors (Lipinski definition) is 4. The second kappa shape index (κ2) is 7.94. The molecular weight excluding hydrogens is 332 g/mol. The van der Waals surface area contributed by atoms with Gasteiger partial charge in [0.05, 0.1) is 18.3 Å². The summed E-state index contributed by atoms with van der Waals surface area (Å²) in [6.45, 7) is 4.35. The smallest absolute Gasteiger partial charge is 0.251 e. The van der Waals surface area contributed by atoms with Crippen molar-refractivity contribution in [1.29, 1.82) is 0 Å². The van der Waals surface area contributed by atoms with Gasteiger partial charge in [0.1, 0.15) is 10.8 Å². The number of amides is 1. The van der Waals surface area contributed by atoms with Crippen molar-refractivity contribution in [2.24, 2.45) is 0 Å². The summed E-state index contributed by atoms with van der Waals surface area (Å²) in [6, 6.07) is 17.2. The highest BCUT2D eigenvalue weighted by Gasteiger charge is 2.08. The van der Waals surface area contributed by atoms with Crippen LogP contribution in [-0.4, -0.2) is 17.0 Å². The lowest BCUT2D eigenvalue weighted by molar-refractivity contribution is 0.0950. The topological polar surface area (TPSA) is 51.2 Å². The van der Waals surface area contributed by atoms with Gasteiger partial charge >= 0.3 is 0 Å². The van der Waals surface area contributed by atoms with Crippen LogP contribution in [0.3, 0.4) is 0 Å². The second-order valence-corrected chi connectivity index (χ2v) is 6.74. The molecule has 0 aliphatic carbocycles. The third-order valence-electron chi connectivity index (χ3n) is 3.49. The second-order valence-electron chi connectivity index (χ2n) is 5.88. The lowest BCUT2D eigenvalue weighted by Crippen LogP contribution is -2.22. The van der Waals surface area contributed by atoms with Crippen LogP contribution in [0.25, 0.3) is 10.6 Å². The van der Waals surface area contributed by atoms with Crippen LogP contribution in [-0.2, 0) is 6.54 Å². The third-order valence-corrected chi connectivity index (χ3v) is 4.43. The summed E-state index contributed by atoms with van der Waals surface area (Å²) in [7, 11) is 0. The lowest BCUT2D eigenvalue weighted by Gasteiger charge is -2.10. The van der Waals surface area contributed by atoms with Crippen LogP contribution < -0.4 is 10.1 Å². The number of hydrogen-bond donors (Lipinski definition) is 1. The van der Waals surface area contributed by atoms with Crippen LogP contribution in [0.5, 0.6) is 5.75 Å². The van der Waals surface area contributed by atoms with E-state index in [0.717, 1.165) is 22.0 Å². The molecule has 1 heterocycles. The van der Waals surface area contributed by atoms with Crippen LogP contribution in [0.1, 0.15) is 29.9 Å². The van der Waals surface area contributed by atoms with E-state index in [4.69, 9.17) is 4.74 Å². The minimum absolute atomic E-state index is 0.114. The molecule has 0 aliphatic heterocycles. The van der Waals surface area contributed by atoms with Crippen molar-refractivity contribution in [2.75, 3.05) is 0 Å². The standard InChI is InChI=1S/C20H20N2O2S/c1-14(2)24-18-10-8-15(9-11-18)19(23)21-12-17-13-25-20(22-17)16-6-4-3-5-7-16/h3-11,13-14H,12H2,1-2H3,(H,21,23). The molecule has 0 bridgehead atoms. The average molecular weight is 352 g/mol. The molecule has 1 aromatic heterocycles. The summed E-state index contributed by atoms with van der Waals surface area (Å²) >= 11 is 1.58. The maximum Gasteiger partial charge on any atom is 0.251 e. The average Bonchev–Trinajstić information content (AvgIpc) is 3.10. The van der Waals surface area contributed by atoms with Crippen LogP contribution >= 0.6 is 11.3 Å². The van der Waals surface area contributed by atoms with Gasteiger partial charge in [-0.3, -0.25) is 4.79 Å². The van der Waals surface area contributed by atoms with Gasteiger partial charge in [-0.2, -0.15) is 0 Å². The number of carbonyl (C=O) groups excluding carboxylic acids is 1. The Morgan fingerprint density at radius 3 is 2.52 bits per heavy atom. The molecule has 0 saturated heterocycles. The van der Waals surface area contributed by atoms with Gasteiger partial charge in [0.2, 0.25) is 0 Å². The summed E-state index contributed by atoms with van der Waals surface area (Å²) in [5.41, 5.74) is 2.55. The number of thiazole rings is 1. The summed E-state index contributed by atoms with van der Waals surface area (Å²) < 4.78 is 5.58. The largest absolute Gasteiger partial charge is 0.491 e. The molecule has 4 nitrogen and oxygen atoms in total. The first kappa shape index (κ1) is 17.2. The fraction of sp³-hybridized carbons (Fsp3) is 0.200. The molecule has 0 unspecified atom stereocenters. The van der Waals surface area contributed by atoms with Gasteiger partial charge in [0.25, 0.3) is 5.91 Å². The van der Waals surface area contributed by atoms with Gasteiger partial charge in [-0.1, -0.05) is 30.3 Å². The van der Waals surface area contributed by atoms with Crippen LogP contribution in [0, 0.1) is 0 Å². The fourth-order valence-corrected chi connectivity index (χ4v) is 3.16. The molecule has 1 N–H and O–H groups in total. The van der Waals surface area contributed by atoms with Crippen molar-refractivity contribution < 1.29 is 9.53 Å². The van der Waals surface area contributed by atoms with Gasteiger partial charge in [0, 0.05) is 16.5 Å². The van der Waals surface area contributed by atoms with Crippen molar-refractivity contribution in [1.82, 2.24) is 10.3 Å². The van der Waals surface area contributed by atoms with Crippen LogP contribution in [0.15, 0.2) is 60.0 Å². The van der Waals surface area contributed by atoms with E-state index in [0.29, 0.717) is 12.1 Å². The van der Waals surface area contributed by atoms with Crippen molar-refractivity contribution in [3.63, 3.8) is 0 Å². The maximum atomic E-state index is 12.3. The Balaban J connectivity index is 1.58. The Morgan fingerprint density at radius 1 is 1.12 bits per heavy atom. The summed E-state index contributed by atoms with van der Waals surface area (Å²) in [4.78, 5) is 16.8. The molecule has 128 valence electrons. The zero-order chi connectivity index (χ0) is 17.6. The third kappa shape index (κ3) is 4.67. The molecular formula is C20H20N2O2S. The molecule has 0 fully saturated rings. The molecule has 1 amide bonds. The predicted octanol–water partition coefficient (Wildman–Crippen LogP) is 4.53. The van der Waals surface area contributed by atoms with Crippen LogP contribution in [0.4, 0.5) is 0 Å². The quantitative estimate of drug-likeness (QED) is 0.709.